The van der Waals surface area contributed by atoms with Gasteiger partial charge in [-0.3, -0.25) is 5.41 Å². The maximum atomic E-state index is 7.80. The molecule has 1 aromatic heterocycles. The fourth-order valence-electron chi connectivity index (χ4n) is 3.94. The second-order valence-electron chi connectivity index (χ2n) is 10.2. The van der Waals surface area contributed by atoms with E-state index in [1.807, 2.05) is 0 Å². The van der Waals surface area contributed by atoms with Crippen LogP contribution in [0.25, 0.3) is 0 Å². The molecule has 0 aliphatic carbocycles. The van der Waals surface area contributed by atoms with Crippen LogP contribution in [0, 0.1) is 23.2 Å². The molecule has 0 fully saturated rings. The van der Waals surface area contributed by atoms with Crippen molar-refractivity contribution in [2.24, 2.45) is 23.5 Å². The minimum absolute atomic E-state index is 0.120. The molecule has 0 amide bonds. The van der Waals surface area contributed by atoms with Gasteiger partial charge in [-0.15, -0.1) is 0 Å². The third-order valence-corrected chi connectivity index (χ3v) is 7.19. The van der Waals surface area contributed by atoms with Crippen LogP contribution in [0.5, 0.6) is 0 Å². The van der Waals surface area contributed by atoms with Crippen LogP contribution in [0.4, 0.5) is 5.95 Å². The fourth-order valence-corrected chi connectivity index (χ4v) is 4.97. The molecular weight excluding hydrogens is 426 g/mol. The predicted octanol–water partition coefficient (Wildman–Crippen LogP) is 7.31. The summed E-state index contributed by atoms with van der Waals surface area (Å²) in [4.78, 5) is 8.31. The molecule has 6 heteroatoms. The monoisotopic (exact) mass is 475 g/mol. The van der Waals surface area contributed by atoms with E-state index in [-0.39, 0.29) is 11.9 Å². The standard InChI is InChI=1S/C27H49N5S/c1-21(2)10-6-11-22(3)12-7-13-23(4)14-8-15-24(5)16-19-33-20-25(26(28)29)32-27-30-17-9-18-31-27/h9,16-18,21-23,25H,6-8,10-15,19-20H2,1-5H3,(H3,28,29)(H,30,31,32)/b24-16+. The average Bonchev–Trinajstić information content (AvgIpc) is 2.76. The molecule has 4 N–H and O–H groups in total. The highest BCUT2D eigenvalue weighted by Crippen LogP contribution is 2.22. The summed E-state index contributed by atoms with van der Waals surface area (Å²) in [6, 6.07) is 1.53. The maximum absolute atomic E-state index is 7.80. The summed E-state index contributed by atoms with van der Waals surface area (Å²) in [5.74, 6) is 4.86. The number of nitrogens with one attached hydrogen (secondary N) is 2. The van der Waals surface area contributed by atoms with E-state index in [1.165, 1.54) is 63.4 Å². The Kier molecular flexibility index (Phi) is 15.9. The van der Waals surface area contributed by atoms with Crippen LogP contribution in [-0.4, -0.2) is 33.4 Å². The lowest BCUT2D eigenvalue weighted by molar-refractivity contribution is 0.389. The van der Waals surface area contributed by atoms with Crippen LogP contribution in [0.3, 0.4) is 0 Å². The lowest BCUT2D eigenvalue weighted by Crippen LogP contribution is -2.37. The third kappa shape index (κ3) is 15.8. The average molecular weight is 476 g/mol. The van der Waals surface area contributed by atoms with Crippen molar-refractivity contribution in [1.29, 1.82) is 5.41 Å². The summed E-state index contributed by atoms with van der Waals surface area (Å²) >= 11 is 1.78. The van der Waals surface area contributed by atoms with E-state index in [1.54, 1.807) is 30.2 Å². The molecule has 1 rings (SSSR count). The van der Waals surface area contributed by atoms with Gasteiger partial charge >= 0.3 is 0 Å². The first kappa shape index (κ1) is 29.5. The Balaban J connectivity index is 2.14. The number of aromatic nitrogens is 2. The van der Waals surface area contributed by atoms with Gasteiger partial charge < -0.3 is 11.1 Å². The molecule has 3 unspecified atom stereocenters. The third-order valence-electron chi connectivity index (χ3n) is 6.22. The summed E-state index contributed by atoms with van der Waals surface area (Å²) in [5, 5.41) is 10.9. The minimum Gasteiger partial charge on any atom is -0.386 e. The molecule has 188 valence electrons. The van der Waals surface area contributed by atoms with Gasteiger partial charge in [0, 0.05) is 23.9 Å². The number of hydrogen-bond donors (Lipinski definition) is 3. The van der Waals surface area contributed by atoms with Gasteiger partial charge in [0.1, 0.15) is 5.84 Å². The van der Waals surface area contributed by atoms with Gasteiger partial charge in [0.2, 0.25) is 5.95 Å². The van der Waals surface area contributed by atoms with Crippen LogP contribution < -0.4 is 11.1 Å². The molecule has 0 saturated heterocycles. The van der Waals surface area contributed by atoms with Gasteiger partial charge in [-0.1, -0.05) is 84.3 Å². The topological polar surface area (TPSA) is 87.7 Å². The van der Waals surface area contributed by atoms with Gasteiger partial charge in [0.25, 0.3) is 0 Å². The summed E-state index contributed by atoms with van der Waals surface area (Å²) in [7, 11) is 0. The first-order valence-corrected chi connectivity index (χ1v) is 14.0. The van der Waals surface area contributed by atoms with Crippen LogP contribution in [0.2, 0.25) is 0 Å². The number of thioether (sulfide) groups is 1. The first-order valence-electron chi connectivity index (χ1n) is 12.9. The Morgan fingerprint density at radius 2 is 1.58 bits per heavy atom. The molecule has 5 nitrogen and oxygen atoms in total. The molecule has 1 aromatic rings. The zero-order valence-electron chi connectivity index (χ0n) is 21.8. The second-order valence-corrected chi connectivity index (χ2v) is 11.2. The lowest BCUT2D eigenvalue weighted by atomic mass is 9.91. The van der Waals surface area contributed by atoms with Gasteiger partial charge in [0.05, 0.1) is 6.04 Å². The van der Waals surface area contributed by atoms with Crippen molar-refractivity contribution in [2.45, 2.75) is 98.4 Å². The van der Waals surface area contributed by atoms with Crippen molar-refractivity contribution in [3.05, 3.63) is 30.1 Å². The number of allylic oxidation sites excluding steroid dienone is 1. The fraction of sp³-hybridized carbons (Fsp3) is 0.741. The van der Waals surface area contributed by atoms with Gasteiger partial charge in [-0.05, 0) is 43.6 Å². The van der Waals surface area contributed by atoms with Gasteiger partial charge in [-0.2, -0.15) is 11.8 Å². The van der Waals surface area contributed by atoms with E-state index < -0.39 is 0 Å². The second kappa shape index (κ2) is 17.9. The van der Waals surface area contributed by atoms with E-state index >= 15 is 0 Å². The Morgan fingerprint density at radius 1 is 1.00 bits per heavy atom. The van der Waals surface area contributed by atoms with Crippen molar-refractivity contribution in [2.75, 3.05) is 16.8 Å². The molecule has 0 radical (unpaired) electrons. The van der Waals surface area contributed by atoms with Crippen molar-refractivity contribution >= 4 is 23.5 Å². The molecule has 0 aliphatic heterocycles. The van der Waals surface area contributed by atoms with E-state index in [0.717, 1.165) is 29.3 Å². The number of rotatable bonds is 19. The van der Waals surface area contributed by atoms with Crippen molar-refractivity contribution < 1.29 is 0 Å². The summed E-state index contributed by atoms with van der Waals surface area (Å²) < 4.78 is 0. The Hall–Kier alpha value is -1.56. The maximum Gasteiger partial charge on any atom is 0.223 e. The quantitative estimate of drug-likeness (QED) is 0.0844. The smallest absolute Gasteiger partial charge is 0.223 e. The largest absolute Gasteiger partial charge is 0.386 e. The summed E-state index contributed by atoms with van der Waals surface area (Å²) in [6.45, 7) is 11.7. The highest BCUT2D eigenvalue weighted by molar-refractivity contribution is 7.99. The van der Waals surface area contributed by atoms with E-state index in [9.17, 15) is 0 Å². The molecular formula is C27H49N5S. The van der Waals surface area contributed by atoms with E-state index in [2.05, 4.69) is 56.0 Å². The van der Waals surface area contributed by atoms with Crippen molar-refractivity contribution in [1.82, 2.24) is 9.97 Å². The molecule has 3 atom stereocenters. The zero-order valence-corrected chi connectivity index (χ0v) is 22.6. The highest BCUT2D eigenvalue weighted by Gasteiger charge is 2.13. The summed E-state index contributed by atoms with van der Waals surface area (Å²) in [5.41, 5.74) is 7.21. The van der Waals surface area contributed by atoms with Gasteiger partial charge in [-0.25, -0.2) is 9.97 Å². The summed E-state index contributed by atoms with van der Waals surface area (Å²) in [6.07, 6.45) is 17.8. The molecule has 0 aliphatic rings. The first-order chi connectivity index (χ1) is 15.8. The Morgan fingerprint density at radius 3 is 2.15 bits per heavy atom. The van der Waals surface area contributed by atoms with E-state index in [0.29, 0.717) is 5.95 Å². The van der Waals surface area contributed by atoms with Crippen LogP contribution in [-0.2, 0) is 0 Å². The number of nitrogens with two attached hydrogens (primary N) is 1. The van der Waals surface area contributed by atoms with Crippen LogP contribution in [0.1, 0.15) is 92.4 Å². The SMILES string of the molecule is C/C(=C\CSCC(Nc1ncccn1)C(=N)N)CCCC(C)CCCC(C)CCCC(C)C. The molecule has 0 bridgehead atoms. The van der Waals surface area contributed by atoms with Crippen LogP contribution in [0.15, 0.2) is 30.1 Å². The molecule has 33 heavy (non-hydrogen) atoms. The number of amidine groups is 1. The molecule has 0 aromatic carbocycles. The van der Waals surface area contributed by atoms with Crippen LogP contribution >= 0.6 is 11.8 Å². The normalized spacial score (nSPS) is 14.8. The predicted molar refractivity (Wildman–Crippen MR) is 147 cm³/mol. The minimum atomic E-state index is -0.245. The zero-order chi connectivity index (χ0) is 24.5. The lowest BCUT2D eigenvalue weighted by Gasteiger charge is -2.16. The molecule has 1 heterocycles. The van der Waals surface area contributed by atoms with Crippen molar-refractivity contribution in [3.63, 3.8) is 0 Å². The number of nitrogens with zero attached hydrogens (tertiary/aromatic N) is 2. The molecule has 0 spiro atoms. The molecule has 0 saturated carbocycles. The van der Waals surface area contributed by atoms with Gasteiger partial charge in [0.15, 0.2) is 0 Å². The number of anilines is 1. The Bertz CT molecular complexity index is 662. The number of hydrogen-bond acceptors (Lipinski definition) is 5. The van der Waals surface area contributed by atoms with E-state index in [4.69, 9.17) is 11.1 Å². The highest BCUT2D eigenvalue weighted by atomic mass is 32.2. The van der Waals surface area contributed by atoms with Crippen molar-refractivity contribution in [3.8, 4) is 0 Å². The Labute approximate surface area is 207 Å².